The number of benzene rings is 3. The first-order chi connectivity index (χ1) is 13.8. The van der Waals surface area contributed by atoms with Crippen LogP contribution in [0.5, 0.6) is 11.5 Å². The largest absolute Gasteiger partial charge is 0.457 e. The molecule has 3 aromatic rings. The number of rotatable bonds is 3. The zero-order valence-corrected chi connectivity index (χ0v) is 18.8. The van der Waals surface area contributed by atoms with Gasteiger partial charge in [-0.2, -0.15) is 0 Å². The van der Waals surface area contributed by atoms with E-state index in [1.54, 1.807) is 0 Å². The minimum atomic E-state index is -0.0777. The summed E-state index contributed by atoms with van der Waals surface area (Å²) in [6, 6.07) is 21.9. The molecule has 1 N–H and O–H groups in total. The molecule has 146 valence electrons. The summed E-state index contributed by atoms with van der Waals surface area (Å²) in [7, 11) is 0. The molecule has 1 amide bonds. The second-order valence-electron chi connectivity index (χ2n) is 8.15. The lowest BCUT2D eigenvalue weighted by molar-refractivity contribution is -0.110. The van der Waals surface area contributed by atoms with Crippen LogP contribution in [-0.4, -0.2) is 5.91 Å². The molecule has 4 rings (SSSR count). The minimum Gasteiger partial charge on any atom is -0.457 e. The molecule has 0 atom stereocenters. The summed E-state index contributed by atoms with van der Waals surface area (Å²) in [4.78, 5) is 12.4. The fraction of sp³-hybridized carbons (Fsp3) is 0.160. The van der Waals surface area contributed by atoms with Crippen LogP contribution in [0.3, 0.4) is 0 Å². The summed E-state index contributed by atoms with van der Waals surface area (Å²) in [5.41, 5.74) is 4.76. The van der Waals surface area contributed by atoms with E-state index in [-0.39, 0.29) is 11.3 Å². The number of hydrogen-bond acceptors (Lipinski definition) is 2. The smallest absolute Gasteiger partial charge is 0.256 e. The molecule has 0 unspecified atom stereocenters. The van der Waals surface area contributed by atoms with Gasteiger partial charge in [0.25, 0.3) is 5.91 Å². The molecular formula is C25H22INO2. The number of carbonyl (C=O) groups is 1. The topological polar surface area (TPSA) is 38.3 Å². The molecule has 0 saturated heterocycles. The number of anilines is 1. The summed E-state index contributed by atoms with van der Waals surface area (Å²) in [5, 5.41) is 2.92. The molecule has 0 bridgehead atoms. The maximum Gasteiger partial charge on any atom is 0.256 e. The number of amides is 1. The van der Waals surface area contributed by atoms with E-state index in [2.05, 4.69) is 60.8 Å². The summed E-state index contributed by atoms with van der Waals surface area (Å²) >= 11 is 2.26. The molecule has 1 aliphatic rings. The summed E-state index contributed by atoms with van der Waals surface area (Å²) in [6.07, 6.45) is 1.91. The maximum absolute atomic E-state index is 12.4. The molecular weight excluding hydrogens is 473 g/mol. The minimum absolute atomic E-state index is 0.0777. The van der Waals surface area contributed by atoms with Gasteiger partial charge in [-0.25, -0.2) is 0 Å². The Kier molecular flexibility index (Phi) is 5.21. The van der Waals surface area contributed by atoms with Crippen LogP contribution in [0, 0.1) is 3.57 Å². The van der Waals surface area contributed by atoms with E-state index in [4.69, 9.17) is 4.74 Å². The Morgan fingerprint density at radius 1 is 0.931 bits per heavy atom. The van der Waals surface area contributed by atoms with E-state index in [1.807, 2.05) is 60.7 Å². The van der Waals surface area contributed by atoms with Gasteiger partial charge in [0.1, 0.15) is 11.5 Å². The van der Waals surface area contributed by atoms with Gasteiger partial charge in [-0.1, -0.05) is 45.0 Å². The Morgan fingerprint density at radius 2 is 1.69 bits per heavy atom. The first kappa shape index (κ1) is 19.7. The average molecular weight is 495 g/mol. The second kappa shape index (κ2) is 7.67. The predicted molar refractivity (Wildman–Crippen MR) is 127 cm³/mol. The van der Waals surface area contributed by atoms with E-state index in [9.17, 15) is 4.79 Å². The third-order valence-corrected chi connectivity index (χ3v) is 5.56. The lowest BCUT2D eigenvalue weighted by Gasteiger charge is -2.19. The highest BCUT2D eigenvalue weighted by atomic mass is 127. The Hall–Kier alpha value is -2.60. The quantitative estimate of drug-likeness (QED) is 0.318. The van der Waals surface area contributed by atoms with Gasteiger partial charge >= 0.3 is 0 Å². The third kappa shape index (κ3) is 4.37. The van der Waals surface area contributed by atoms with Gasteiger partial charge in [0.2, 0.25) is 0 Å². The van der Waals surface area contributed by atoms with E-state index in [1.165, 1.54) is 5.56 Å². The van der Waals surface area contributed by atoms with Crippen molar-refractivity contribution in [2.45, 2.75) is 26.2 Å². The lowest BCUT2D eigenvalue weighted by Crippen LogP contribution is -2.10. The van der Waals surface area contributed by atoms with Crippen LogP contribution in [0.1, 0.15) is 37.5 Å². The van der Waals surface area contributed by atoms with Crippen molar-refractivity contribution in [3.8, 4) is 11.5 Å². The van der Waals surface area contributed by atoms with Gasteiger partial charge < -0.3 is 10.1 Å². The predicted octanol–water partition coefficient (Wildman–Crippen LogP) is 6.87. The molecule has 0 saturated carbocycles. The molecule has 0 aromatic heterocycles. The van der Waals surface area contributed by atoms with Crippen molar-refractivity contribution in [3.63, 3.8) is 0 Å². The van der Waals surface area contributed by atoms with Crippen molar-refractivity contribution in [1.29, 1.82) is 0 Å². The van der Waals surface area contributed by atoms with Crippen molar-refractivity contribution in [2.24, 2.45) is 0 Å². The second-order valence-corrected chi connectivity index (χ2v) is 9.40. The molecule has 0 fully saturated rings. The van der Waals surface area contributed by atoms with Gasteiger partial charge in [0, 0.05) is 20.4 Å². The van der Waals surface area contributed by atoms with Crippen molar-refractivity contribution in [1.82, 2.24) is 0 Å². The van der Waals surface area contributed by atoms with Gasteiger partial charge in [-0.05, 0) is 87.7 Å². The lowest BCUT2D eigenvalue weighted by atomic mass is 9.87. The molecule has 3 nitrogen and oxygen atoms in total. The molecule has 3 aromatic carbocycles. The van der Waals surface area contributed by atoms with E-state index < -0.39 is 0 Å². The van der Waals surface area contributed by atoms with E-state index in [0.717, 1.165) is 31.9 Å². The summed E-state index contributed by atoms with van der Waals surface area (Å²) in [6.45, 7) is 6.58. The molecule has 0 radical (unpaired) electrons. The van der Waals surface area contributed by atoms with E-state index >= 15 is 0 Å². The summed E-state index contributed by atoms with van der Waals surface area (Å²) < 4.78 is 7.13. The molecule has 0 aliphatic carbocycles. The maximum atomic E-state index is 12.4. The van der Waals surface area contributed by atoms with Gasteiger partial charge in [0.05, 0.1) is 0 Å². The number of ether oxygens (including phenoxy) is 1. The molecule has 1 aliphatic heterocycles. The van der Waals surface area contributed by atoms with E-state index in [0.29, 0.717) is 5.57 Å². The Bertz CT molecular complexity index is 1110. The first-order valence-corrected chi connectivity index (χ1v) is 10.6. The van der Waals surface area contributed by atoms with Crippen LogP contribution in [0.2, 0.25) is 0 Å². The number of hydrogen-bond donors (Lipinski definition) is 1. The van der Waals surface area contributed by atoms with Crippen LogP contribution >= 0.6 is 22.6 Å². The Morgan fingerprint density at radius 3 is 2.41 bits per heavy atom. The standard InChI is InChI=1S/C25H22INO2/c1-25(2,3)17-7-10-19(11-8-17)29-20-6-4-5-16(13-20)14-22-21-15-18(26)9-12-23(21)27-24(22)28/h4-15H,1-3H3,(H,27,28). The Labute approximate surface area is 184 Å². The highest BCUT2D eigenvalue weighted by Crippen LogP contribution is 2.35. The Balaban J connectivity index is 1.59. The van der Waals surface area contributed by atoms with Crippen molar-refractivity contribution >= 4 is 45.8 Å². The third-order valence-electron chi connectivity index (χ3n) is 4.89. The van der Waals surface area contributed by atoms with Crippen LogP contribution < -0.4 is 10.1 Å². The molecule has 29 heavy (non-hydrogen) atoms. The zero-order chi connectivity index (χ0) is 20.6. The number of carbonyl (C=O) groups excluding carboxylic acids is 1. The van der Waals surface area contributed by atoms with Gasteiger partial charge in [-0.3, -0.25) is 4.79 Å². The molecule has 4 heteroatoms. The first-order valence-electron chi connectivity index (χ1n) is 9.51. The number of fused-ring (bicyclic) bond motifs is 1. The normalized spacial score (nSPS) is 14.6. The van der Waals surface area contributed by atoms with Crippen LogP contribution in [-0.2, 0) is 10.2 Å². The number of nitrogens with one attached hydrogen (secondary N) is 1. The van der Waals surface area contributed by atoms with Crippen LogP contribution in [0.15, 0.2) is 66.7 Å². The highest BCUT2D eigenvalue weighted by molar-refractivity contribution is 14.1. The van der Waals surface area contributed by atoms with Gasteiger partial charge in [-0.15, -0.1) is 0 Å². The monoisotopic (exact) mass is 495 g/mol. The molecule has 1 heterocycles. The van der Waals surface area contributed by atoms with Crippen molar-refractivity contribution in [3.05, 3.63) is 87.0 Å². The number of halogens is 1. The van der Waals surface area contributed by atoms with Crippen molar-refractivity contribution < 1.29 is 9.53 Å². The van der Waals surface area contributed by atoms with Crippen molar-refractivity contribution in [2.75, 3.05) is 5.32 Å². The fourth-order valence-electron chi connectivity index (χ4n) is 3.30. The fourth-order valence-corrected chi connectivity index (χ4v) is 3.79. The molecule has 0 spiro atoms. The average Bonchev–Trinajstić information content (AvgIpc) is 2.97. The summed E-state index contributed by atoms with van der Waals surface area (Å²) in [5.74, 6) is 1.46. The van der Waals surface area contributed by atoms with Crippen LogP contribution in [0.4, 0.5) is 5.69 Å². The van der Waals surface area contributed by atoms with Crippen LogP contribution in [0.25, 0.3) is 11.6 Å². The zero-order valence-electron chi connectivity index (χ0n) is 16.6. The highest BCUT2D eigenvalue weighted by Gasteiger charge is 2.24. The van der Waals surface area contributed by atoms with Gasteiger partial charge in [0.15, 0.2) is 0 Å². The SMILES string of the molecule is CC(C)(C)c1ccc(Oc2cccc(C=C3C(=O)Nc4ccc(I)cc43)c2)cc1.